The van der Waals surface area contributed by atoms with E-state index in [1.165, 1.54) is 0 Å². The summed E-state index contributed by atoms with van der Waals surface area (Å²) in [5, 5.41) is 2.04. The predicted octanol–water partition coefficient (Wildman–Crippen LogP) is 4.89. The summed E-state index contributed by atoms with van der Waals surface area (Å²) in [4.78, 5) is 22.7. The van der Waals surface area contributed by atoms with Crippen molar-refractivity contribution in [3.05, 3.63) is 54.4 Å². The first-order valence-corrected chi connectivity index (χ1v) is 13.3. The molecule has 0 saturated carbocycles. The first kappa shape index (κ1) is 27.2. The summed E-state index contributed by atoms with van der Waals surface area (Å²) < 4.78 is 30.8. The lowest BCUT2D eigenvalue weighted by molar-refractivity contribution is -0.117. The van der Waals surface area contributed by atoms with Crippen molar-refractivity contribution in [2.24, 2.45) is 5.73 Å². The molecule has 2 atom stereocenters. The number of benzene rings is 1. The maximum absolute atomic E-state index is 11.6. The second-order valence-corrected chi connectivity index (χ2v) is 10.5. The van der Waals surface area contributed by atoms with Crippen molar-refractivity contribution in [3.63, 3.8) is 0 Å². The fraction of sp³-hybridized carbons (Fsp3) is 0.444. The van der Waals surface area contributed by atoms with Gasteiger partial charge in [-0.15, -0.1) is 0 Å². The lowest BCUT2D eigenvalue weighted by Crippen LogP contribution is -2.45. The molecule has 1 aromatic carbocycles. The summed E-state index contributed by atoms with van der Waals surface area (Å²) >= 11 is 0.662. The molecule has 0 aliphatic carbocycles. The normalized spacial score (nSPS) is 20.2. The number of halogens is 2. The molecule has 2 aromatic heterocycles. The van der Waals surface area contributed by atoms with Crippen LogP contribution < -0.4 is 10.6 Å². The van der Waals surface area contributed by atoms with Crippen molar-refractivity contribution in [2.75, 3.05) is 31.1 Å². The highest BCUT2D eigenvalue weighted by molar-refractivity contribution is 7.97. The number of hydrogen-bond donors (Lipinski definition) is 1. The van der Waals surface area contributed by atoms with E-state index in [4.69, 9.17) is 15.5 Å². The molecule has 2 aliphatic rings. The molecule has 0 radical (unpaired) electrons. The van der Waals surface area contributed by atoms with Crippen LogP contribution in [0, 0.1) is 0 Å². The lowest BCUT2D eigenvalue weighted by atomic mass is 10.0. The number of carbonyl (C=O) groups excluding carboxylic acids is 1. The Hall–Kier alpha value is -2.82. The predicted molar refractivity (Wildman–Crippen MR) is 144 cm³/mol. The molecule has 4 heterocycles. The van der Waals surface area contributed by atoms with E-state index in [1.54, 1.807) is 10.5 Å². The number of nitrogens with zero attached hydrogens (tertiary/aromatic N) is 4. The maximum Gasteiger partial charge on any atom is 0.298 e. The fourth-order valence-electron chi connectivity index (χ4n) is 4.65. The van der Waals surface area contributed by atoms with E-state index in [9.17, 15) is 13.6 Å². The molecule has 5 rings (SSSR count). The highest BCUT2D eigenvalue weighted by atomic mass is 32.2. The van der Waals surface area contributed by atoms with Crippen LogP contribution in [0.2, 0.25) is 0 Å². The Bertz CT molecular complexity index is 1200. The largest absolute Gasteiger partial charge is 0.372 e. The van der Waals surface area contributed by atoms with E-state index in [2.05, 4.69) is 35.9 Å². The highest BCUT2D eigenvalue weighted by Crippen LogP contribution is 2.27. The van der Waals surface area contributed by atoms with Crippen LogP contribution in [0.1, 0.15) is 32.4 Å². The fourth-order valence-corrected chi connectivity index (χ4v) is 5.35. The average Bonchev–Trinajstić information content (AvgIpc) is 3.35. The van der Waals surface area contributed by atoms with Gasteiger partial charge in [0.25, 0.3) is 5.76 Å². The van der Waals surface area contributed by atoms with Crippen molar-refractivity contribution in [1.82, 2.24) is 14.3 Å². The average molecular weight is 530 g/mol. The van der Waals surface area contributed by atoms with Gasteiger partial charge < -0.3 is 15.4 Å². The number of amides is 1. The Balaban J connectivity index is 0.000000301. The smallest absolute Gasteiger partial charge is 0.298 e. The van der Waals surface area contributed by atoms with E-state index in [0.717, 1.165) is 66.9 Å². The third-order valence-corrected chi connectivity index (χ3v) is 7.02. The maximum atomic E-state index is 11.6. The minimum Gasteiger partial charge on any atom is -0.372 e. The molecule has 37 heavy (non-hydrogen) atoms. The second kappa shape index (κ2) is 12.6. The van der Waals surface area contributed by atoms with Gasteiger partial charge in [-0.3, -0.25) is 9.78 Å². The third kappa shape index (κ3) is 7.83. The topological polar surface area (TPSA) is 84.6 Å². The Morgan fingerprint density at radius 2 is 1.84 bits per heavy atom. The minimum absolute atomic E-state index is 0.140. The Kier molecular flexibility index (Phi) is 9.28. The molecule has 10 heteroatoms. The van der Waals surface area contributed by atoms with Crippen LogP contribution in [-0.2, 0) is 16.0 Å². The number of fused-ring (bicyclic) bond motifs is 1. The summed E-state index contributed by atoms with van der Waals surface area (Å²) in [5.74, 6) is -1.65. The van der Waals surface area contributed by atoms with Gasteiger partial charge in [-0.05, 0) is 68.3 Å². The molecule has 2 aliphatic heterocycles. The molecule has 2 N–H and O–H groups in total. The van der Waals surface area contributed by atoms with Crippen molar-refractivity contribution in [1.29, 1.82) is 0 Å². The van der Waals surface area contributed by atoms with Crippen LogP contribution >= 0.6 is 11.9 Å². The molecular formula is C27H33F2N5O2S. The van der Waals surface area contributed by atoms with Gasteiger partial charge in [-0.2, -0.15) is 8.78 Å². The van der Waals surface area contributed by atoms with Crippen LogP contribution in [0.25, 0.3) is 22.0 Å². The van der Waals surface area contributed by atoms with E-state index in [0.29, 0.717) is 17.6 Å². The van der Waals surface area contributed by atoms with Gasteiger partial charge in [-0.25, -0.2) is 9.29 Å². The summed E-state index contributed by atoms with van der Waals surface area (Å²) in [6.45, 7) is 7.51. The summed E-state index contributed by atoms with van der Waals surface area (Å²) in [6, 6.07) is 14.2. The van der Waals surface area contributed by atoms with Gasteiger partial charge in [0.1, 0.15) is 5.82 Å². The SMILES string of the molecule is CC1CN(c2cccc(-c3ccc4cnc(CC(N)=O)cc4c3)n2)C[C@H](C)O1.FC(F)SN1CCCC1. The van der Waals surface area contributed by atoms with Crippen molar-refractivity contribution < 1.29 is 18.3 Å². The number of hydrogen-bond acceptors (Lipinski definition) is 7. The number of rotatable bonds is 6. The van der Waals surface area contributed by atoms with Crippen LogP contribution in [0.4, 0.5) is 14.6 Å². The minimum atomic E-state index is -2.23. The van der Waals surface area contributed by atoms with Crippen LogP contribution in [0.3, 0.4) is 0 Å². The summed E-state index contributed by atoms with van der Waals surface area (Å²) in [6.07, 6.45) is 4.43. The number of ether oxygens (including phenoxy) is 1. The zero-order valence-corrected chi connectivity index (χ0v) is 22.0. The standard InChI is InChI=1S/C22H24N4O2.C5H9F2NS/c1-14-12-26(13-15(2)28-14)22-5-3-4-20(25-22)16-6-7-17-11-24-19(10-21(23)27)9-18(17)8-16;6-5(7)9-8-3-1-2-4-8/h3-9,11,14-15H,10,12-13H2,1-2H3,(H2,23,27);5H,1-4H2/t14-,15?;/m0./s1. The van der Waals surface area contributed by atoms with Gasteiger partial charge in [0.15, 0.2) is 0 Å². The zero-order chi connectivity index (χ0) is 26.4. The molecule has 198 valence electrons. The Labute approximate surface area is 220 Å². The second-order valence-electron chi connectivity index (χ2n) is 9.43. The molecule has 2 saturated heterocycles. The van der Waals surface area contributed by atoms with Crippen LogP contribution in [0.5, 0.6) is 0 Å². The number of morpholine rings is 1. The van der Waals surface area contributed by atoms with Crippen LogP contribution in [0.15, 0.2) is 48.7 Å². The lowest BCUT2D eigenvalue weighted by Gasteiger charge is -2.36. The van der Waals surface area contributed by atoms with Gasteiger partial charge >= 0.3 is 0 Å². The van der Waals surface area contributed by atoms with Crippen molar-refractivity contribution >= 4 is 34.4 Å². The summed E-state index contributed by atoms with van der Waals surface area (Å²) in [5.41, 5.74) is 7.91. The molecule has 1 amide bonds. The number of pyridine rings is 2. The van der Waals surface area contributed by atoms with Gasteiger partial charge in [0, 0.05) is 43.3 Å². The molecule has 3 aromatic rings. The van der Waals surface area contributed by atoms with E-state index >= 15 is 0 Å². The van der Waals surface area contributed by atoms with Crippen LogP contribution in [-0.4, -0.2) is 64.3 Å². The first-order valence-electron chi connectivity index (χ1n) is 12.5. The van der Waals surface area contributed by atoms with E-state index in [-0.39, 0.29) is 24.5 Å². The quantitative estimate of drug-likeness (QED) is 0.455. The number of aromatic nitrogens is 2. The summed E-state index contributed by atoms with van der Waals surface area (Å²) in [7, 11) is 0. The van der Waals surface area contributed by atoms with Gasteiger partial charge in [-0.1, -0.05) is 18.2 Å². The number of anilines is 1. The highest BCUT2D eigenvalue weighted by Gasteiger charge is 2.23. The van der Waals surface area contributed by atoms with Gasteiger partial charge in [0.2, 0.25) is 5.91 Å². The Morgan fingerprint density at radius 3 is 2.51 bits per heavy atom. The number of nitrogens with two attached hydrogens (primary N) is 1. The van der Waals surface area contributed by atoms with E-state index < -0.39 is 5.76 Å². The third-order valence-electron chi connectivity index (χ3n) is 6.20. The molecule has 2 fully saturated rings. The molecule has 0 bridgehead atoms. The van der Waals surface area contributed by atoms with Crippen molar-refractivity contribution in [2.45, 2.75) is 51.1 Å². The Morgan fingerprint density at radius 1 is 1.11 bits per heavy atom. The molecule has 1 unspecified atom stereocenters. The number of primary amides is 1. The van der Waals surface area contributed by atoms with Crippen molar-refractivity contribution in [3.8, 4) is 11.3 Å². The molecular weight excluding hydrogens is 496 g/mol. The molecule has 0 spiro atoms. The first-order chi connectivity index (χ1) is 17.8. The molecule has 7 nitrogen and oxygen atoms in total. The zero-order valence-electron chi connectivity index (χ0n) is 21.1. The number of carbonyl (C=O) groups is 1. The van der Waals surface area contributed by atoms with E-state index in [1.807, 2.05) is 30.3 Å². The monoisotopic (exact) mass is 529 g/mol. The number of alkyl halides is 2. The van der Waals surface area contributed by atoms with Gasteiger partial charge in [0.05, 0.1) is 30.0 Å².